The fraction of sp³-hybridized carbons (Fsp3) is 0.318. The molecule has 1 N–H and O–H groups in total. The van der Waals surface area contributed by atoms with Crippen LogP contribution in [0.2, 0.25) is 0 Å². The van der Waals surface area contributed by atoms with Crippen molar-refractivity contribution in [3.63, 3.8) is 0 Å². The molecule has 0 spiro atoms. The van der Waals surface area contributed by atoms with Gasteiger partial charge in [-0.15, -0.1) is 0 Å². The Morgan fingerprint density at radius 3 is 2.45 bits per heavy atom. The predicted octanol–water partition coefficient (Wildman–Crippen LogP) is 4.08. The maximum atomic E-state index is 12.5. The van der Waals surface area contributed by atoms with E-state index in [1.165, 1.54) is 18.2 Å². The van der Waals surface area contributed by atoms with E-state index >= 15 is 0 Å². The lowest BCUT2D eigenvalue weighted by Gasteiger charge is -2.35. The Labute approximate surface area is 169 Å². The molecule has 0 bridgehead atoms. The van der Waals surface area contributed by atoms with Crippen LogP contribution in [-0.2, 0) is 4.79 Å². The summed E-state index contributed by atoms with van der Waals surface area (Å²) in [7, 11) is 0. The van der Waals surface area contributed by atoms with E-state index in [9.17, 15) is 13.6 Å². The number of likely N-dealkylation sites (N-methyl/N-ethyl adjacent to an activating group) is 1. The van der Waals surface area contributed by atoms with Gasteiger partial charge in [-0.25, -0.2) is 0 Å². The van der Waals surface area contributed by atoms with E-state index in [4.69, 9.17) is 0 Å². The van der Waals surface area contributed by atoms with Crippen LogP contribution in [-0.4, -0.2) is 50.1 Å². The minimum atomic E-state index is -2.91. The Morgan fingerprint density at radius 1 is 1.10 bits per heavy atom. The molecule has 29 heavy (non-hydrogen) atoms. The van der Waals surface area contributed by atoms with E-state index in [0.717, 1.165) is 38.4 Å². The monoisotopic (exact) mass is 401 g/mol. The molecule has 3 rings (SSSR count). The minimum absolute atomic E-state index is 0.0269. The van der Waals surface area contributed by atoms with Crippen molar-refractivity contribution in [2.75, 3.05) is 42.9 Å². The Bertz CT molecular complexity index is 832. The van der Waals surface area contributed by atoms with Crippen LogP contribution in [0, 0.1) is 0 Å². The van der Waals surface area contributed by atoms with Crippen LogP contribution in [0.4, 0.5) is 20.2 Å². The summed E-state index contributed by atoms with van der Waals surface area (Å²) in [5.41, 5.74) is 2.21. The summed E-state index contributed by atoms with van der Waals surface area (Å²) in [5, 5.41) is 2.78. The molecule has 0 unspecified atom stereocenters. The van der Waals surface area contributed by atoms with E-state index in [0.29, 0.717) is 11.3 Å². The minimum Gasteiger partial charge on any atom is -0.434 e. The van der Waals surface area contributed by atoms with E-state index in [2.05, 4.69) is 26.8 Å². The molecular weight excluding hydrogens is 376 g/mol. The van der Waals surface area contributed by atoms with Crippen LogP contribution in [0.5, 0.6) is 5.75 Å². The van der Waals surface area contributed by atoms with Gasteiger partial charge in [-0.05, 0) is 43.0 Å². The van der Waals surface area contributed by atoms with Crippen LogP contribution in [0.25, 0.3) is 6.08 Å². The molecule has 2 aromatic rings. The molecule has 0 radical (unpaired) electrons. The van der Waals surface area contributed by atoms with Gasteiger partial charge in [-0.3, -0.25) is 4.79 Å². The number of amides is 1. The number of para-hydroxylation sites is 1. The van der Waals surface area contributed by atoms with Crippen LogP contribution in [0.3, 0.4) is 0 Å². The molecule has 1 saturated heterocycles. The molecule has 0 aromatic heterocycles. The summed E-state index contributed by atoms with van der Waals surface area (Å²) in [6, 6.07) is 14.0. The molecular formula is C22H25F2N3O2. The number of alkyl halides is 2. The number of hydrogen-bond donors (Lipinski definition) is 1. The molecule has 1 heterocycles. The summed E-state index contributed by atoms with van der Waals surface area (Å²) < 4.78 is 29.4. The number of halogens is 2. The largest absolute Gasteiger partial charge is 0.434 e. The van der Waals surface area contributed by atoms with Crippen LogP contribution >= 0.6 is 0 Å². The van der Waals surface area contributed by atoms with Gasteiger partial charge in [0.25, 0.3) is 0 Å². The number of benzene rings is 2. The number of nitrogens with one attached hydrogen (secondary N) is 1. The van der Waals surface area contributed by atoms with Gasteiger partial charge in [0, 0.05) is 49.2 Å². The molecule has 7 heteroatoms. The lowest BCUT2D eigenvalue weighted by Crippen LogP contribution is -2.46. The van der Waals surface area contributed by atoms with Crippen LogP contribution < -0.4 is 15.0 Å². The average Bonchev–Trinajstić information content (AvgIpc) is 2.73. The first kappa shape index (κ1) is 20.8. The van der Waals surface area contributed by atoms with Crippen molar-refractivity contribution in [2.24, 2.45) is 0 Å². The number of nitrogens with zero attached hydrogens (tertiary/aromatic N) is 2. The second-order valence-corrected chi connectivity index (χ2v) is 6.71. The molecule has 5 nitrogen and oxygen atoms in total. The third-order valence-corrected chi connectivity index (χ3v) is 4.87. The number of ether oxygens (including phenoxy) is 1. The second kappa shape index (κ2) is 10.0. The van der Waals surface area contributed by atoms with Gasteiger partial charge < -0.3 is 19.9 Å². The Kier molecular flexibility index (Phi) is 7.19. The van der Waals surface area contributed by atoms with Crippen molar-refractivity contribution < 1.29 is 18.3 Å². The van der Waals surface area contributed by atoms with E-state index in [1.807, 2.05) is 24.3 Å². The lowest BCUT2D eigenvalue weighted by molar-refractivity contribution is -0.111. The lowest BCUT2D eigenvalue weighted by atomic mass is 10.2. The van der Waals surface area contributed by atoms with Crippen molar-refractivity contribution in [1.29, 1.82) is 0 Å². The highest BCUT2D eigenvalue weighted by atomic mass is 19.3. The molecule has 1 amide bonds. The highest BCUT2D eigenvalue weighted by Crippen LogP contribution is 2.22. The van der Waals surface area contributed by atoms with Crippen LogP contribution in [0.15, 0.2) is 54.6 Å². The fourth-order valence-corrected chi connectivity index (χ4v) is 3.25. The first-order valence-corrected chi connectivity index (χ1v) is 9.65. The first-order valence-electron chi connectivity index (χ1n) is 9.65. The maximum absolute atomic E-state index is 12.5. The maximum Gasteiger partial charge on any atom is 0.387 e. The SMILES string of the molecule is CCN1CCN(c2ccc(NC(=O)/C=C/c3ccccc3OC(F)F)cc2)CC1. The van der Waals surface area contributed by atoms with Crippen molar-refractivity contribution in [3.05, 3.63) is 60.2 Å². The van der Waals surface area contributed by atoms with Gasteiger partial charge in [-0.1, -0.05) is 25.1 Å². The van der Waals surface area contributed by atoms with Gasteiger partial charge in [0.15, 0.2) is 0 Å². The number of hydrogen-bond acceptors (Lipinski definition) is 4. The van der Waals surface area contributed by atoms with Crippen molar-refractivity contribution in [2.45, 2.75) is 13.5 Å². The van der Waals surface area contributed by atoms with Gasteiger partial charge >= 0.3 is 6.61 Å². The van der Waals surface area contributed by atoms with Gasteiger partial charge in [0.05, 0.1) is 0 Å². The average molecular weight is 401 g/mol. The van der Waals surface area contributed by atoms with Crippen molar-refractivity contribution >= 4 is 23.4 Å². The molecule has 1 aliphatic heterocycles. The van der Waals surface area contributed by atoms with E-state index in [1.54, 1.807) is 18.2 Å². The molecule has 0 atom stereocenters. The van der Waals surface area contributed by atoms with E-state index < -0.39 is 6.61 Å². The predicted molar refractivity (Wildman–Crippen MR) is 112 cm³/mol. The summed E-state index contributed by atoms with van der Waals surface area (Å²) in [4.78, 5) is 16.9. The number of carbonyl (C=O) groups excluding carboxylic acids is 1. The van der Waals surface area contributed by atoms with Gasteiger partial charge in [-0.2, -0.15) is 8.78 Å². The summed E-state index contributed by atoms with van der Waals surface area (Å²) >= 11 is 0. The zero-order valence-corrected chi connectivity index (χ0v) is 16.4. The zero-order valence-electron chi connectivity index (χ0n) is 16.4. The normalized spacial score (nSPS) is 15.1. The van der Waals surface area contributed by atoms with Gasteiger partial charge in [0.2, 0.25) is 5.91 Å². The Hall–Kier alpha value is -2.93. The zero-order chi connectivity index (χ0) is 20.6. The third kappa shape index (κ3) is 6.02. The topological polar surface area (TPSA) is 44.8 Å². The summed E-state index contributed by atoms with van der Waals surface area (Å²) in [5.74, 6) is -0.319. The highest BCUT2D eigenvalue weighted by Gasteiger charge is 2.15. The second-order valence-electron chi connectivity index (χ2n) is 6.71. The van der Waals surface area contributed by atoms with Gasteiger partial charge in [0.1, 0.15) is 5.75 Å². The number of piperazine rings is 1. The molecule has 0 aliphatic carbocycles. The smallest absolute Gasteiger partial charge is 0.387 e. The first-order chi connectivity index (χ1) is 14.0. The quantitative estimate of drug-likeness (QED) is 0.710. The van der Waals surface area contributed by atoms with Crippen LogP contribution in [0.1, 0.15) is 12.5 Å². The third-order valence-electron chi connectivity index (χ3n) is 4.87. The molecule has 1 aliphatic rings. The van der Waals surface area contributed by atoms with E-state index in [-0.39, 0.29) is 11.7 Å². The fourth-order valence-electron chi connectivity index (χ4n) is 3.25. The standard InChI is InChI=1S/C22H25F2N3O2/c1-2-26-13-15-27(16-14-26)19-10-8-18(9-11-19)25-21(28)12-7-17-5-3-4-6-20(17)29-22(23)24/h3-12,22H,2,13-16H2,1H3,(H,25,28)/b12-7+. The molecule has 2 aromatic carbocycles. The highest BCUT2D eigenvalue weighted by molar-refractivity contribution is 6.02. The molecule has 0 saturated carbocycles. The number of anilines is 2. The summed E-state index contributed by atoms with van der Waals surface area (Å²) in [6.07, 6.45) is 2.75. The van der Waals surface area contributed by atoms with Crippen molar-refractivity contribution in [1.82, 2.24) is 4.90 Å². The van der Waals surface area contributed by atoms with Crippen molar-refractivity contribution in [3.8, 4) is 5.75 Å². The Balaban J connectivity index is 1.57. The number of carbonyl (C=O) groups is 1. The summed E-state index contributed by atoms with van der Waals surface area (Å²) in [6.45, 7) is 4.41. The molecule has 154 valence electrons. The molecule has 1 fully saturated rings. The Morgan fingerprint density at radius 2 is 1.79 bits per heavy atom. The number of rotatable bonds is 7.